The SMILES string of the molecule is CCOc1cnc(-c2c[nH]c3ccccc23)o1. The molecule has 0 atom stereocenters. The number of para-hydroxylation sites is 1. The monoisotopic (exact) mass is 228 g/mol. The van der Waals surface area contributed by atoms with E-state index in [0.29, 0.717) is 18.4 Å². The minimum Gasteiger partial charge on any atom is -0.464 e. The summed E-state index contributed by atoms with van der Waals surface area (Å²) in [5, 5.41) is 1.09. The molecule has 0 aliphatic heterocycles. The van der Waals surface area contributed by atoms with Crippen LogP contribution in [0, 0.1) is 0 Å². The highest BCUT2D eigenvalue weighted by Gasteiger charge is 2.11. The van der Waals surface area contributed by atoms with Crippen molar-refractivity contribution in [3.05, 3.63) is 36.7 Å². The molecule has 0 aliphatic carbocycles. The Hall–Kier alpha value is -2.23. The number of benzene rings is 1. The zero-order valence-electron chi connectivity index (χ0n) is 9.43. The molecule has 1 aromatic carbocycles. The van der Waals surface area contributed by atoms with Crippen molar-refractivity contribution in [3.8, 4) is 17.4 Å². The van der Waals surface area contributed by atoms with E-state index in [1.807, 2.05) is 37.4 Å². The Morgan fingerprint density at radius 1 is 1.35 bits per heavy atom. The lowest BCUT2D eigenvalue weighted by Crippen LogP contribution is -1.87. The summed E-state index contributed by atoms with van der Waals surface area (Å²) in [6.45, 7) is 2.48. The van der Waals surface area contributed by atoms with Gasteiger partial charge in [-0.2, -0.15) is 0 Å². The second-order valence-corrected chi connectivity index (χ2v) is 3.67. The summed E-state index contributed by atoms with van der Waals surface area (Å²) in [7, 11) is 0. The number of oxazole rings is 1. The minimum atomic E-state index is 0.452. The largest absolute Gasteiger partial charge is 0.464 e. The van der Waals surface area contributed by atoms with Gasteiger partial charge in [-0.3, -0.25) is 0 Å². The lowest BCUT2D eigenvalue weighted by molar-refractivity contribution is 0.260. The molecular formula is C13H12N2O2. The topological polar surface area (TPSA) is 51.0 Å². The van der Waals surface area contributed by atoms with E-state index in [-0.39, 0.29) is 0 Å². The van der Waals surface area contributed by atoms with Gasteiger partial charge in [-0.25, -0.2) is 4.98 Å². The number of nitrogens with zero attached hydrogens (tertiary/aromatic N) is 1. The lowest BCUT2D eigenvalue weighted by atomic mass is 10.2. The standard InChI is InChI=1S/C13H12N2O2/c1-2-16-12-8-15-13(17-12)10-7-14-11-6-4-3-5-9(10)11/h3-8,14H,2H2,1H3. The Morgan fingerprint density at radius 2 is 2.24 bits per heavy atom. The van der Waals surface area contributed by atoms with Crippen molar-refractivity contribution in [2.45, 2.75) is 6.92 Å². The fourth-order valence-electron chi connectivity index (χ4n) is 1.84. The molecule has 0 spiro atoms. The maximum atomic E-state index is 5.52. The van der Waals surface area contributed by atoms with Crippen LogP contribution in [0.15, 0.2) is 41.1 Å². The first-order valence-corrected chi connectivity index (χ1v) is 5.53. The Bertz CT molecular complexity index is 639. The van der Waals surface area contributed by atoms with Gasteiger partial charge in [-0.1, -0.05) is 18.2 Å². The molecule has 0 fully saturated rings. The summed E-state index contributed by atoms with van der Waals surface area (Å²) in [6, 6.07) is 8.03. The second kappa shape index (κ2) is 3.97. The molecule has 86 valence electrons. The maximum Gasteiger partial charge on any atom is 0.305 e. The number of H-pyrrole nitrogens is 1. The number of ether oxygens (including phenoxy) is 1. The second-order valence-electron chi connectivity index (χ2n) is 3.67. The maximum absolute atomic E-state index is 5.52. The van der Waals surface area contributed by atoms with Crippen LogP contribution in [0.4, 0.5) is 0 Å². The van der Waals surface area contributed by atoms with Crippen LogP contribution in [0.25, 0.3) is 22.4 Å². The van der Waals surface area contributed by atoms with Crippen LogP contribution in [0.2, 0.25) is 0 Å². The zero-order valence-corrected chi connectivity index (χ0v) is 9.43. The molecule has 0 saturated carbocycles. The third-order valence-corrected chi connectivity index (χ3v) is 2.59. The smallest absolute Gasteiger partial charge is 0.305 e. The van der Waals surface area contributed by atoms with Gasteiger partial charge in [0, 0.05) is 17.1 Å². The highest BCUT2D eigenvalue weighted by molar-refractivity contribution is 5.93. The molecule has 2 heterocycles. The van der Waals surface area contributed by atoms with Crippen molar-refractivity contribution in [2.24, 2.45) is 0 Å². The van der Waals surface area contributed by atoms with E-state index in [1.54, 1.807) is 6.20 Å². The van der Waals surface area contributed by atoms with E-state index in [0.717, 1.165) is 16.5 Å². The fourth-order valence-corrected chi connectivity index (χ4v) is 1.84. The molecule has 3 aromatic rings. The van der Waals surface area contributed by atoms with Crippen molar-refractivity contribution in [1.82, 2.24) is 9.97 Å². The summed E-state index contributed by atoms with van der Waals surface area (Å²) >= 11 is 0. The van der Waals surface area contributed by atoms with E-state index in [4.69, 9.17) is 9.15 Å². The fraction of sp³-hybridized carbons (Fsp3) is 0.154. The third kappa shape index (κ3) is 1.67. The number of nitrogens with one attached hydrogen (secondary N) is 1. The lowest BCUT2D eigenvalue weighted by Gasteiger charge is -1.95. The van der Waals surface area contributed by atoms with Crippen molar-refractivity contribution in [2.75, 3.05) is 6.61 Å². The molecule has 1 N–H and O–H groups in total. The predicted octanol–water partition coefficient (Wildman–Crippen LogP) is 3.22. The van der Waals surface area contributed by atoms with Crippen molar-refractivity contribution in [1.29, 1.82) is 0 Å². The van der Waals surface area contributed by atoms with Crippen LogP contribution >= 0.6 is 0 Å². The van der Waals surface area contributed by atoms with E-state index < -0.39 is 0 Å². The Morgan fingerprint density at radius 3 is 3.12 bits per heavy atom. The highest BCUT2D eigenvalue weighted by Crippen LogP contribution is 2.29. The number of fused-ring (bicyclic) bond motifs is 1. The average Bonchev–Trinajstić information content (AvgIpc) is 2.95. The first kappa shape index (κ1) is 9.96. The quantitative estimate of drug-likeness (QED) is 0.748. The number of hydrogen-bond donors (Lipinski definition) is 1. The summed E-state index contributed by atoms with van der Waals surface area (Å²) in [6.07, 6.45) is 3.49. The van der Waals surface area contributed by atoms with Gasteiger partial charge >= 0.3 is 5.95 Å². The molecule has 4 heteroatoms. The molecule has 17 heavy (non-hydrogen) atoms. The van der Waals surface area contributed by atoms with Gasteiger partial charge in [0.05, 0.1) is 12.2 Å². The van der Waals surface area contributed by atoms with Gasteiger partial charge in [0.2, 0.25) is 5.89 Å². The summed E-state index contributed by atoms with van der Waals surface area (Å²) < 4.78 is 10.8. The summed E-state index contributed by atoms with van der Waals surface area (Å²) in [4.78, 5) is 7.40. The van der Waals surface area contributed by atoms with Crippen molar-refractivity contribution >= 4 is 10.9 Å². The summed E-state index contributed by atoms with van der Waals surface area (Å²) in [5.74, 6) is 1.03. The first-order chi connectivity index (χ1) is 8.38. The molecule has 0 saturated heterocycles. The Balaban J connectivity index is 2.07. The van der Waals surface area contributed by atoms with Gasteiger partial charge < -0.3 is 14.1 Å². The molecule has 0 radical (unpaired) electrons. The number of hydrogen-bond acceptors (Lipinski definition) is 3. The van der Waals surface area contributed by atoms with Crippen LogP contribution in [0.3, 0.4) is 0 Å². The summed E-state index contributed by atoms with van der Waals surface area (Å²) in [5.41, 5.74) is 2.02. The number of aromatic nitrogens is 2. The van der Waals surface area contributed by atoms with Crippen LogP contribution < -0.4 is 4.74 Å². The van der Waals surface area contributed by atoms with E-state index in [2.05, 4.69) is 9.97 Å². The first-order valence-electron chi connectivity index (χ1n) is 5.53. The van der Waals surface area contributed by atoms with Crippen LogP contribution in [-0.2, 0) is 0 Å². The molecule has 3 rings (SSSR count). The van der Waals surface area contributed by atoms with E-state index in [1.165, 1.54) is 0 Å². The molecule has 0 unspecified atom stereocenters. The Labute approximate surface area is 98.2 Å². The number of aromatic amines is 1. The van der Waals surface area contributed by atoms with Crippen LogP contribution in [-0.4, -0.2) is 16.6 Å². The van der Waals surface area contributed by atoms with Gasteiger partial charge in [0.1, 0.15) is 6.20 Å². The molecule has 2 aromatic heterocycles. The molecule has 0 bridgehead atoms. The van der Waals surface area contributed by atoms with Gasteiger partial charge in [-0.15, -0.1) is 0 Å². The highest BCUT2D eigenvalue weighted by atomic mass is 16.6. The van der Waals surface area contributed by atoms with Crippen molar-refractivity contribution in [3.63, 3.8) is 0 Å². The van der Waals surface area contributed by atoms with E-state index in [9.17, 15) is 0 Å². The zero-order chi connectivity index (χ0) is 11.7. The van der Waals surface area contributed by atoms with Crippen LogP contribution in [0.1, 0.15) is 6.92 Å². The van der Waals surface area contributed by atoms with E-state index >= 15 is 0 Å². The van der Waals surface area contributed by atoms with Gasteiger partial charge in [-0.05, 0) is 13.0 Å². The molecule has 0 aliphatic rings. The van der Waals surface area contributed by atoms with Gasteiger partial charge in [0.15, 0.2) is 0 Å². The third-order valence-electron chi connectivity index (χ3n) is 2.59. The molecular weight excluding hydrogens is 216 g/mol. The van der Waals surface area contributed by atoms with Crippen molar-refractivity contribution < 1.29 is 9.15 Å². The number of rotatable bonds is 3. The van der Waals surface area contributed by atoms with Crippen LogP contribution in [0.5, 0.6) is 5.95 Å². The van der Waals surface area contributed by atoms with Gasteiger partial charge in [0.25, 0.3) is 0 Å². The normalized spacial score (nSPS) is 10.9. The minimum absolute atomic E-state index is 0.452. The Kier molecular flexibility index (Phi) is 2.33. The average molecular weight is 228 g/mol. The molecule has 0 amide bonds. The molecule has 4 nitrogen and oxygen atoms in total. The predicted molar refractivity (Wildman–Crippen MR) is 65.0 cm³/mol.